The van der Waals surface area contributed by atoms with E-state index in [4.69, 9.17) is 18.7 Å². The lowest BCUT2D eigenvalue weighted by molar-refractivity contribution is -0.206. The van der Waals surface area contributed by atoms with E-state index in [1.54, 1.807) is 38.1 Å². The zero-order valence-corrected chi connectivity index (χ0v) is 24.1. The van der Waals surface area contributed by atoms with Crippen LogP contribution in [0.1, 0.15) is 33.9 Å². The number of hydrogen-bond donors (Lipinski definition) is 2. The van der Waals surface area contributed by atoms with Crippen molar-refractivity contribution in [3.05, 3.63) is 87.7 Å². The highest BCUT2D eigenvalue weighted by Crippen LogP contribution is 2.44. The van der Waals surface area contributed by atoms with Crippen LogP contribution < -0.4 is 20.9 Å². The molecule has 2 N–H and O–H groups in total. The number of aliphatic hydroxyl groups is 1. The molecule has 0 amide bonds. The second-order valence-corrected chi connectivity index (χ2v) is 11.0. The molecule has 42 heavy (non-hydrogen) atoms. The van der Waals surface area contributed by atoms with Crippen molar-refractivity contribution in [3.63, 3.8) is 0 Å². The SMILES string of the molecule is CC(C)OC(=O)[C@H](C)N=[P+]([O-])O[C@H](Oc1ccccc1-c1ccccc1)[C@@H]1O[C@@H](n2ccc(=O)[nH]c2=O)[C@](C)(F)[C@@H]1O. The van der Waals surface area contributed by atoms with Gasteiger partial charge in [0.05, 0.1) is 6.10 Å². The highest BCUT2D eigenvalue weighted by Gasteiger charge is 2.59. The Labute approximate surface area is 241 Å². The van der Waals surface area contributed by atoms with Gasteiger partial charge in [-0.15, -0.1) is 4.52 Å². The number of hydrogen-bond acceptors (Lipinski definition) is 10. The van der Waals surface area contributed by atoms with E-state index in [0.717, 1.165) is 29.3 Å². The maximum atomic E-state index is 16.0. The number of rotatable bonds is 10. The molecule has 12 nitrogen and oxygen atoms in total. The minimum Gasteiger partial charge on any atom is -0.583 e. The number of aromatic amines is 1. The van der Waals surface area contributed by atoms with Crippen molar-refractivity contribution >= 4 is 14.1 Å². The monoisotopic (exact) mass is 603 g/mol. The van der Waals surface area contributed by atoms with Crippen molar-refractivity contribution in [2.75, 3.05) is 0 Å². The first-order chi connectivity index (χ1) is 19.9. The fourth-order valence-corrected chi connectivity index (χ4v) is 5.09. The summed E-state index contributed by atoms with van der Waals surface area (Å²) < 4.78 is 43.1. The van der Waals surface area contributed by atoms with E-state index in [1.165, 1.54) is 6.92 Å². The van der Waals surface area contributed by atoms with Gasteiger partial charge in [0.1, 0.15) is 11.9 Å². The Morgan fingerprint density at radius 2 is 1.81 bits per heavy atom. The summed E-state index contributed by atoms with van der Waals surface area (Å²) >= 11 is 0. The normalized spacial score (nSPS) is 23.9. The van der Waals surface area contributed by atoms with Crippen molar-refractivity contribution in [1.29, 1.82) is 0 Å². The second-order valence-electron chi connectivity index (χ2n) is 10.0. The van der Waals surface area contributed by atoms with Crippen molar-refractivity contribution in [2.24, 2.45) is 4.74 Å². The molecule has 2 aromatic carbocycles. The Hall–Kier alpha value is -3.74. The summed E-state index contributed by atoms with van der Waals surface area (Å²) in [6.45, 7) is 5.65. The molecule has 0 bridgehead atoms. The number of nitrogens with one attached hydrogen (secondary N) is 1. The van der Waals surface area contributed by atoms with Gasteiger partial charge in [-0.3, -0.25) is 14.3 Å². The first-order valence-corrected chi connectivity index (χ1v) is 14.2. The van der Waals surface area contributed by atoms with Gasteiger partial charge in [-0.2, -0.15) is 0 Å². The zero-order chi connectivity index (χ0) is 30.6. The molecular weight excluding hydrogens is 572 g/mol. The Balaban J connectivity index is 1.71. The Bertz CT molecular complexity index is 1540. The average molecular weight is 604 g/mol. The van der Waals surface area contributed by atoms with Crippen LogP contribution in [0.2, 0.25) is 0 Å². The third-order valence-electron chi connectivity index (χ3n) is 6.40. The van der Waals surface area contributed by atoms with Crippen LogP contribution in [0, 0.1) is 0 Å². The van der Waals surface area contributed by atoms with E-state index in [-0.39, 0.29) is 5.75 Å². The number of esters is 1. The van der Waals surface area contributed by atoms with E-state index in [2.05, 4.69) is 4.74 Å². The summed E-state index contributed by atoms with van der Waals surface area (Å²) in [5.41, 5.74) is -2.94. The fourth-order valence-electron chi connectivity index (χ4n) is 4.32. The number of aliphatic hydroxyl groups excluding tert-OH is 1. The van der Waals surface area contributed by atoms with Crippen LogP contribution in [0.25, 0.3) is 11.1 Å². The Morgan fingerprint density at radius 1 is 1.14 bits per heavy atom. The Morgan fingerprint density at radius 3 is 2.48 bits per heavy atom. The smallest absolute Gasteiger partial charge is 0.346 e. The van der Waals surface area contributed by atoms with E-state index >= 15 is 4.39 Å². The fraction of sp³-hybridized carbons (Fsp3) is 0.393. The molecule has 1 aliphatic rings. The minimum atomic E-state index is -3.00. The van der Waals surface area contributed by atoms with Gasteiger partial charge in [-0.1, -0.05) is 53.3 Å². The molecule has 1 fully saturated rings. The predicted molar refractivity (Wildman–Crippen MR) is 148 cm³/mol. The minimum absolute atomic E-state index is 0.213. The van der Waals surface area contributed by atoms with Crippen molar-refractivity contribution < 1.29 is 37.9 Å². The van der Waals surface area contributed by atoms with Gasteiger partial charge in [0.25, 0.3) is 11.8 Å². The quantitative estimate of drug-likeness (QED) is 0.201. The highest BCUT2D eigenvalue weighted by atomic mass is 31.1. The molecule has 0 saturated carbocycles. The van der Waals surface area contributed by atoms with Gasteiger partial charge < -0.3 is 24.2 Å². The largest absolute Gasteiger partial charge is 0.583 e. The third kappa shape index (κ3) is 7.00. The molecule has 7 atom stereocenters. The van der Waals surface area contributed by atoms with Crippen molar-refractivity contribution in [2.45, 2.75) is 70.2 Å². The van der Waals surface area contributed by atoms with Crippen molar-refractivity contribution in [1.82, 2.24) is 9.55 Å². The summed E-state index contributed by atoms with van der Waals surface area (Å²) in [5, 5.41) is 11.1. The molecule has 2 heterocycles. The molecule has 1 unspecified atom stereocenters. The van der Waals surface area contributed by atoms with Gasteiger partial charge in [0.2, 0.25) is 0 Å². The van der Waals surface area contributed by atoms with E-state index in [9.17, 15) is 24.4 Å². The van der Waals surface area contributed by atoms with Gasteiger partial charge in [-0.05, 0) is 39.3 Å². The lowest BCUT2D eigenvalue weighted by atomic mass is 9.98. The summed E-state index contributed by atoms with van der Waals surface area (Å²) in [6.07, 6.45) is -6.50. The molecule has 1 saturated heterocycles. The maximum absolute atomic E-state index is 16.0. The molecule has 0 radical (unpaired) electrons. The summed E-state index contributed by atoms with van der Waals surface area (Å²) in [5.74, 6) is -0.528. The predicted octanol–water partition coefficient (Wildman–Crippen LogP) is 2.81. The molecule has 0 spiro atoms. The number of H-pyrrole nitrogens is 1. The number of carbonyl (C=O) groups excluding carboxylic acids is 1. The van der Waals surface area contributed by atoms with Gasteiger partial charge in [0.15, 0.2) is 24.0 Å². The molecule has 14 heteroatoms. The molecule has 0 aliphatic carbocycles. The maximum Gasteiger partial charge on any atom is 0.346 e. The molecule has 1 aromatic heterocycles. The first kappa shape index (κ1) is 31.2. The molecule has 1 aliphatic heterocycles. The summed E-state index contributed by atoms with van der Waals surface area (Å²) in [4.78, 5) is 51.2. The standard InChI is InChI=1S/C28H31FN3O9P/c1-16(2)38-24(35)17(3)31-42(37)41-25(39-20-13-9-8-12-19(20)18-10-6-5-7-11-18)22-23(34)28(4,29)26(40-22)32-15-14-21(33)30-27(32)36/h5-17,22-23,25-26,34H,1-4H3,(H,30,33,36)/t17-,22+,23+,25-,26+,28+/m0/s1. The van der Waals surface area contributed by atoms with E-state index < -0.39 is 67.9 Å². The highest BCUT2D eigenvalue weighted by molar-refractivity contribution is 7.33. The van der Waals surface area contributed by atoms with Crippen LogP contribution in [0.5, 0.6) is 5.75 Å². The average Bonchev–Trinajstić information content (AvgIpc) is 3.17. The molecule has 224 valence electrons. The van der Waals surface area contributed by atoms with E-state index in [0.29, 0.717) is 5.56 Å². The summed E-state index contributed by atoms with van der Waals surface area (Å²) in [7, 11) is -3.00. The topological polar surface area (TPSA) is 164 Å². The van der Waals surface area contributed by atoms with Crippen LogP contribution in [0.15, 0.2) is 81.2 Å². The number of nitrogens with zero attached hydrogens (tertiary/aromatic N) is 2. The second kappa shape index (κ2) is 13.1. The third-order valence-corrected chi connectivity index (χ3v) is 7.32. The van der Waals surface area contributed by atoms with Crippen LogP contribution in [0.4, 0.5) is 4.39 Å². The number of ether oxygens (including phenoxy) is 3. The first-order valence-electron chi connectivity index (χ1n) is 13.1. The van der Waals surface area contributed by atoms with Gasteiger partial charge in [-0.25, -0.2) is 14.0 Å². The summed E-state index contributed by atoms with van der Waals surface area (Å²) in [6, 6.07) is 15.7. The number of halogens is 1. The Kier molecular flexibility index (Phi) is 9.70. The number of benzene rings is 2. The molecule has 3 aromatic rings. The molecule has 4 rings (SSSR count). The number of aromatic nitrogens is 2. The van der Waals surface area contributed by atoms with Gasteiger partial charge in [0, 0.05) is 17.8 Å². The number of carbonyl (C=O) groups is 1. The van der Waals surface area contributed by atoms with Gasteiger partial charge >= 0.3 is 19.8 Å². The van der Waals surface area contributed by atoms with Crippen molar-refractivity contribution in [3.8, 4) is 16.9 Å². The molecular formula is C28H31FN3O9P. The van der Waals surface area contributed by atoms with Crippen LogP contribution in [0.3, 0.4) is 0 Å². The lowest BCUT2D eigenvalue weighted by Gasteiger charge is -2.26. The van der Waals surface area contributed by atoms with Crippen LogP contribution in [-0.2, 0) is 18.8 Å². The number of alkyl halides is 1. The lowest BCUT2D eigenvalue weighted by Crippen LogP contribution is -2.46. The van der Waals surface area contributed by atoms with Crippen LogP contribution in [-0.4, -0.2) is 56.9 Å². The van der Waals surface area contributed by atoms with E-state index in [1.807, 2.05) is 35.3 Å². The number of para-hydroxylation sites is 1. The zero-order valence-electron chi connectivity index (χ0n) is 23.2. The van der Waals surface area contributed by atoms with Crippen LogP contribution >= 0.6 is 8.17 Å².